The lowest BCUT2D eigenvalue weighted by atomic mass is 9.75. The van der Waals surface area contributed by atoms with Crippen LogP contribution >= 0.6 is 0 Å². The Balaban J connectivity index is 2.45. The van der Waals surface area contributed by atoms with Gasteiger partial charge in [0.05, 0.1) is 13.2 Å². The maximum absolute atomic E-state index is 11.0. The molecule has 0 radical (unpaired) electrons. The van der Waals surface area contributed by atoms with Crippen LogP contribution in [0.25, 0.3) is 0 Å². The van der Waals surface area contributed by atoms with Crippen LogP contribution in [0.2, 0.25) is 0 Å². The predicted molar refractivity (Wildman–Crippen MR) is 48.0 cm³/mol. The van der Waals surface area contributed by atoms with Crippen LogP contribution in [0, 0.1) is 11.3 Å². The van der Waals surface area contributed by atoms with Gasteiger partial charge in [-0.1, -0.05) is 13.8 Å². The van der Waals surface area contributed by atoms with Gasteiger partial charge in [0.15, 0.2) is 0 Å². The minimum absolute atomic E-state index is 0.194. The van der Waals surface area contributed by atoms with Crippen LogP contribution in [-0.4, -0.2) is 19.0 Å². The molecule has 70 valence electrons. The molecule has 2 nitrogen and oxygen atoms in total. The van der Waals surface area contributed by atoms with Gasteiger partial charge < -0.3 is 9.53 Å². The van der Waals surface area contributed by atoms with E-state index in [4.69, 9.17) is 4.74 Å². The lowest BCUT2D eigenvalue weighted by Crippen LogP contribution is -2.44. The number of carbonyl (C=O) groups is 1. The maximum Gasteiger partial charge on any atom is 0.130 e. The molecule has 0 aromatic rings. The fourth-order valence-electron chi connectivity index (χ4n) is 2.08. The Hall–Kier alpha value is -0.370. The van der Waals surface area contributed by atoms with E-state index in [1.54, 1.807) is 6.92 Å². The highest BCUT2D eigenvalue weighted by Gasteiger charge is 2.39. The summed E-state index contributed by atoms with van der Waals surface area (Å²) in [5.74, 6) is 0.951. The first-order valence-electron chi connectivity index (χ1n) is 4.61. The lowest BCUT2D eigenvalue weighted by Gasteiger charge is -2.42. The molecule has 0 unspecified atom stereocenters. The SMILES string of the molecule is CC(=O)CC1(CC(C)C)COC1. The van der Waals surface area contributed by atoms with E-state index in [1.165, 1.54) is 0 Å². The molecule has 0 aromatic heterocycles. The maximum atomic E-state index is 11.0. The summed E-state index contributed by atoms with van der Waals surface area (Å²) in [5.41, 5.74) is 0.194. The number of ether oxygens (including phenoxy) is 1. The Morgan fingerprint density at radius 1 is 1.50 bits per heavy atom. The highest BCUT2D eigenvalue weighted by atomic mass is 16.5. The summed E-state index contributed by atoms with van der Waals surface area (Å²) in [6.45, 7) is 7.62. The highest BCUT2D eigenvalue weighted by molar-refractivity contribution is 5.76. The second kappa shape index (κ2) is 3.56. The van der Waals surface area contributed by atoms with Crippen LogP contribution in [0.15, 0.2) is 0 Å². The summed E-state index contributed by atoms with van der Waals surface area (Å²) in [7, 11) is 0. The van der Waals surface area contributed by atoms with Gasteiger partial charge in [0.2, 0.25) is 0 Å². The van der Waals surface area contributed by atoms with Crippen molar-refractivity contribution in [2.24, 2.45) is 11.3 Å². The van der Waals surface area contributed by atoms with Crippen molar-refractivity contribution in [3.63, 3.8) is 0 Å². The molecule has 1 saturated heterocycles. The summed E-state index contributed by atoms with van der Waals surface area (Å²) < 4.78 is 5.19. The molecule has 0 bridgehead atoms. The molecule has 1 aliphatic rings. The minimum atomic E-state index is 0.194. The Kier molecular flexibility index (Phi) is 2.89. The van der Waals surface area contributed by atoms with Crippen LogP contribution in [0.1, 0.15) is 33.6 Å². The third-order valence-electron chi connectivity index (χ3n) is 2.28. The van der Waals surface area contributed by atoms with E-state index < -0.39 is 0 Å². The summed E-state index contributed by atoms with van der Waals surface area (Å²) in [6.07, 6.45) is 1.82. The van der Waals surface area contributed by atoms with Crippen molar-refractivity contribution in [3.8, 4) is 0 Å². The Morgan fingerprint density at radius 2 is 2.08 bits per heavy atom. The van der Waals surface area contributed by atoms with Crippen molar-refractivity contribution < 1.29 is 9.53 Å². The van der Waals surface area contributed by atoms with E-state index in [0.717, 1.165) is 19.6 Å². The Morgan fingerprint density at radius 3 is 2.33 bits per heavy atom. The normalized spacial score (nSPS) is 20.7. The summed E-state index contributed by atoms with van der Waals surface area (Å²) >= 11 is 0. The molecule has 1 rings (SSSR count). The van der Waals surface area contributed by atoms with Crippen molar-refractivity contribution in [1.29, 1.82) is 0 Å². The van der Waals surface area contributed by atoms with E-state index in [2.05, 4.69) is 13.8 Å². The fraction of sp³-hybridized carbons (Fsp3) is 0.900. The second-order valence-electron chi connectivity index (χ2n) is 4.47. The van der Waals surface area contributed by atoms with E-state index in [1.807, 2.05) is 0 Å². The predicted octanol–water partition coefficient (Wildman–Crippen LogP) is 2.03. The van der Waals surface area contributed by atoms with E-state index in [0.29, 0.717) is 18.1 Å². The van der Waals surface area contributed by atoms with Crippen LogP contribution < -0.4 is 0 Å². The standard InChI is InChI=1S/C10H18O2/c1-8(2)4-10(5-9(3)11)6-12-7-10/h8H,4-7H2,1-3H3. The zero-order chi connectivity index (χ0) is 9.19. The fourth-order valence-corrected chi connectivity index (χ4v) is 2.08. The van der Waals surface area contributed by atoms with Crippen LogP contribution in [0.3, 0.4) is 0 Å². The molecular formula is C10H18O2. The van der Waals surface area contributed by atoms with Crippen molar-refractivity contribution in [2.45, 2.75) is 33.6 Å². The molecule has 0 spiro atoms. The monoisotopic (exact) mass is 170 g/mol. The molecule has 1 heterocycles. The molecule has 1 aliphatic heterocycles. The third-order valence-corrected chi connectivity index (χ3v) is 2.28. The zero-order valence-corrected chi connectivity index (χ0v) is 8.22. The van der Waals surface area contributed by atoms with Gasteiger partial charge >= 0.3 is 0 Å². The van der Waals surface area contributed by atoms with Crippen molar-refractivity contribution >= 4 is 5.78 Å². The number of ketones is 1. The Bertz CT molecular complexity index is 169. The molecule has 0 N–H and O–H groups in total. The van der Waals surface area contributed by atoms with E-state index in [-0.39, 0.29) is 5.41 Å². The molecule has 0 amide bonds. The highest BCUT2D eigenvalue weighted by Crippen LogP contribution is 2.37. The third kappa shape index (κ3) is 2.31. The quantitative estimate of drug-likeness (QED) is 0.645. The summed E-state index contributed by atoms with van der Waals surface area (Å²) in [6, 6.07) is 0. The van der Waals surface area contributed by atoms with Crippen LogP contribution in [-0.2, 0) is 9.53 Å². The molecule has 2 heteroatoms. The smallest absolute Gasteiger partial charge is 0.130 e. The van der Waals surface area contributed by atoms with Gasteiger partial charge in [-0.05, 0) is 19.3 Å². The molecule has 1 fully saturated rings. The minimum Gasteiger partial charge on any atom is -0.380 e. The molecule has 12 heavy (non-hydrogen) atoms. The number of hydrogen-bond donors (Lipinski definition) is 0. The summed E-state index contributed by atoms with van der Waals surface area (Å²) in [5, 5.41) is 0. The van der Waals surface area contributed by atoms with Gasteiger partial charge in [-0.3, -0.25) is 0 Å². The first-order valence-corrected chi connectivity index (χ1v) is 4.61. The zero-order valence-electron chi connectivity index (χ0n) is 8.22. The number of Topliss-reactive ketones (excluding diaryl/α,β-unsaturated/α-hetero) is 1. The largest absolute Gasteiger partial charge is 0.380 e. The Labute approximate surface area is 74.3 Å². The molecular weight excluding hydrogens is 152 g/mol. The van der Waals surface area contributed by atoms with Gasteiger partial charge in [0.25, 0.3) is 0 Å². The van der Waals surface area contributed by atoms with Gasteiger partial charge in [0, 0.05) is 11.8 Å². The van der Waals surface area contributed by atoms with Gasteiger partial charge in [0.1, 0.15) is 5.78 Å². The molecule has 0 atom stereocenters. The topological polar surface area (TPSA) is 26.3 Å². The average molecular weight is 170 g/mol. The van der Waals surface area contributed by atoms with E-state index in [9.17, 15) is 4.79 Å². The molecule has 0 aliphatic carbocycles. The van der Waals surface area contributed by atoms with Crippen LogP contribution in [0.5, 0.6) is 0 Å². The van der Waals surface area contributed by atoms with Crippen molar-refractivity contribution in [1.82, 2.24) is 0 Å². The lowest BCUT2D eigenvalue weighted by molar-refractivity contribution is -0.144. The first kappa shape index (κ1) is 9.72. The number of hydrogen-bond acceptors (Lipinski definition) is 2. The molecule has 0 aromatic carbocycles. The van der Waals surface area contributed by atoms with Gasteiger partial charge in [-0.15, -0.1) is 0 Å². The summed E-state index contributed by atoms with van der Waals surface area (Å²) in [4.78, 5) is 11.0. The molecule has 0 saturated carbocycles. The number of carbonyl (C=O) groups excluding carboxylic acids is 1. The second-order valence-corrected chi connectivity index (χ2v) is 4.47. The first-order chi connectivity index (χ1) is 5.54. The van der Waals surface area contributed by atoms with Crippen LogP contribution in [0.4, 0.5) is 0 Å². The van der Waals surface area contributed by atoms with Crippen molar-refractivity contribution in [3.05, 3.63) is 0 Å². The average Bonchev–Trinajstić information content (AvgIpc) is 1.80. The van der Waals surface area contributed by atoms with Crippen molar-refractivity contribution in [2.75, 3.05) is 13.2 Å². The van der Waals surface area contributed by atoms with Gasteiger partial charge in [-0.25, -0.2) is 0 Å². The number of rotatable bonds is 4. The van der Waals surface area contributed by atoms with Gasteiger partial charge in [-0.2, -0.15) is 0 Å². The van der Waals surface area contributed by atoms with E-state index >= 15 is 0 Å².